The maximum atomic E-state index is 6.14. The molecule has 0 bridgehead atoms. The summed E-state index contributed by atoms with van der Waals surface area (Å²) < 4.78 is 2.41. The largest absolute Gasteiger partial charge is 0.399 e. The van der Waals surface area contributed by atoms with E-state index in [9.17, 15) is 0 Å². The van der Waals surface area contributed by atoms with Gasteiger partial charge in [0, 0.05) is 6.54 Å². The van der Waals surface area contributed by atoms with E-state index in [-0.39, 0.29) is 5.12 Å². The minimum absolute atomic E-state index is 0.238. The number of alkyl halides is 1. The van der Waals surface area contributed by atoms with Gasteiger partial charge < -0.3 is 10.3 Å². The van der Waals surface area contributed by atoms with Crippen LogP contribution in [0.5, 0.6) is 0 Å². The van der Waals surface area contributed by atoms with Gasteiger partial charge in [-0.1, -0.05) is 33.3 Å². The van der Waals surface area contributed by atoms with Gasteiger partial charge in [0.25, 0.3) is 0 Å². The van der Waals surface area contributed by atoms with Gasteiger partial charge >= 0.3 is 0 Å². The van der Waals surface area contributed by atoms with Crippen molar-refractivity contribution in [3.8, 4) is 0 Å². The van der Waals surface area contributed by atoms with Gasteiger partial charge in [-0.05, 0) is 31.6 Å². The Kier molecular flexibility index (Phi) is 7.36. The average molecular weight is 263 g/mol. The predicted molar refractivity (Wildman–Crippen MR) is 77.0 cm³/mol. The van der Waals surface area contributed by atoms with Crippen molar-refractivity contribution >= 4 is 19.8 Å². The molecule has 0 aromatic rings. The predicted octanol–water partition coefficient (Wildman–Crippen LogP) is 3.67. The third kappa shape index (κ3) is 4.48. The van der Waals surface area contributed by atoms with Crippen LogP contribution in [0.4, 0.5) is 0 Å². The third-order valence-corrected chi connectivity index (χ3v) is 7.91. The molecule has 4 heteroatoms. The van der Waals surface area contributed by atoms with E-state index < -0.39 is 8.24 Å². The summed E-state index contributed by atoms with van der Waals surface area (Å²) in [6.45, 7) is 14.1. The van der Waals surface area contributed by atoms with Crippen LogP contribution in [0.1, 0.15) is 39.5 Å². The SMILES string of the molecule is C=C(CCC)N(CCCC)[Si](C)(C)C(N)Cl. The van der Waals surface area contributed by atoms with Crippen molar-refractivity contribution in [3.63, 3.8) is 0 Å². The molecule has 0 aromatic carbocycles. The van der Waals surface area contributed by atoms with Crippen molar-refractivity contribution < 1.29 is 0 Å². The van der Waals surface area contributed by atoms with Crippen LogP contribution in [0, 0.1) is 0 Å². The van der Waals surface area contributed by atoms with Gasteiger partial charge in [0.1, 0.15) is 0 Å². The number of hydrogen-bond acceptors (Lipinski definition) is 2. The van der Waals surface area contributed by atoms with Crippen LogP contribution in [0.3, 0.4) is 0 Å². The molecule has 0 amide bonds. The maximum Gasteiger partial charge on any atom is 0.183 e. The van der Waals surface area contributed by atoms with Crippen LogP contribution in [0.25, 0.3) is 0 Å². The molecule has 0 heterocycles. The highest BCUT2D eigenvalue weighted by atomic mass is 35.5. The van der Waals surface area contributed by atoms with Crippen LogP contribution in [0.2, 0.25) is 13.1 Å². The minimum atomic E-state index is -1.77. The smallest absolute Gasteiger partial charge is 0.183 e. The number of nitrogens with zero attached hydrogens (tertiary/aromatic N) is 1. The fourth-order valence-electron chi connectivity index (χ4n) is 1.74. The summed E-state index contributed by atoms with van der Waals surface area (Å²) in [4.78, 5) is 0. The Morgan fingerprint density at radius 3 is 2.31 bits per heavy atom. The zero-order valence-electron chi connectivity index (χ0n) is 11.2. The maximum absolute atomic E-state index is 6.14. The Bertz CT molecular complexity index is 217. The quantitative estimate of drug-likeness (QED) is 0.411. The van der Waals surface area contributed by atoms with Crippen molar-refractivity contribution in [3.05, 3.63) is 12.3 Å². The lowest BCUT2D eigenvalue weighted by molar-refractivity contribution is 0.469. The van der Waals surface area contributed by atoms with Gasteiger partial charge in [-0.3, -0.25) is 0 Å². The molecule has 0 rings (SSSR count). The first kappa shape index (κ1) is 16.0. The van der Waals surface area contributed by atoms with E-state index in [2.05, 4.69) is 38.1 Å². The molecule has 1 unspecified atom stereocenters. The molecular formula is C12H27ClN2Si. The molecule has 0 saturated heterocycles. The van der Waals surface area contributed by atoms with Crippen molar-refractivity contribution in [2.24, 2.45) is 5.73 Å². The zero-order chi connectivity index (χ0) is 12.8. The number of nitrogens with two attached hydrogens (primary N) is 1. The standard InChI is InChI=1S/C12H27ClN2Si/c1-6-8-10-15(11(3)9-7-2)16(4,5)12(13)14/h12H,3,6-10,14H2,1-2,4-5H3. The van der Waals surface area contributed by atoms with Gasteiger partial charge in [0.15, 0.2) is 8.24 Å². The van der Waals surface area contributed by atoms with Crippen molar-refractivity contribution in [2.75, 3.05) is 6.54 Å². The molecule has 0 radical (unpaired) electrons. The summed E-state index contributed by atoms with van der Waals surface area (Å²) in [5.74, 6) is 0. The first-order valence-corrected chi connectivity index (χ1v) is 9.69. The number of unbranched alkanes of at least 4 members (excludes halogenated alkanes) is 1. The first-order chi connectivity index (χ1) is 7.37. The number of halogens is 1. The molecule has 2 N–H and O–H groups in total. The fourth-order valence-corrected chi connectivity index (χ4v) is 4.05. The number of hydrogen-bond donors (Lipinski definition) is 1. The molecule has 0 aromatic heterocycles. The van der Waals surface area contributed by atoms with Gasteiger partial charge in [-0.2, -0.15) is 0 Å². The van der Waals surface area contributed by atoms with E-state index in [0.29, 0.717) is 0 Å². The van der Waals surface area contributed by atoms with Crippen LogP contribution in [-0.2, 0) is 0 Å². The minimum Gasteiger partial charge on any atom is -0.399 e. The molecule has 0 fully saturated rings. The summed E-state index contributed by atoms with van der Waals surface area (Å²) in [7, 11) is -1.77. The normalized spacial score (nSPS) is 13.6. The second kappa shape index (κ2) is 7.36. The van der Waals surface area contributed by atoms with Crippen LogP contribution < -0.4 is 5.73 Å². The van der Waals surface area contributed by atoms with E-state index in [1.165, 1.54) is 18.5 Å². The molecule has 2 nitrogen and oxygen atoms in total. The van der Waals surface area contributed by atoms with Gasteiger partial charge in [-0.15, -0.1) is 11.6 Å². The fraction of sp³-hybridized carbons (Fsp3) is 0.833. The summed E-state index contributed by atoms with van der Waals surface area (Å²) in [6, 6.07) is 0. The van der Waals surface area contributed by atoms with E-state index in [0.717, 1.165) is 19.4 Å². The average Bonchev–Trinajstić information content (AvgIpc) is 2.18. The van der Waals surface area contributed by atoms with Crippen LogP contribution in [0.15, 0.2) is 12.3 Å². The van der Waals surface area contributed by atoms with E-state index in [1.54, 1.807) is 0 Å². The lowest BCUT2D eigenvalue weighted by atomic mass is 10.2. The van der Waals surface area contributed by atoms with Crippen LogP contribution >= 0.6 is 11.6 Å². The number of allylic oxidation sites excluding steroid dienone is 1. The highest BCUT2D eigenvalue weighted by Gasteiger charge is 2.35. The van der Waals surface area contributed by atoms with Crippen molar-refractivity contribution in [2.45, 2.75) is 57.7 Å². The summed E-state index contributed by atoms with van der Waals surface area (Å²) >= 11 is 6.14. The van der Waals surface area contributed by atoms with E-state index >= 15 is 0 Å². The monoisotopic (exact) mass is 262 g/mol. The molecule has 0 aliphatic carbocycles. The second-order valence-corrected chi connectivity index (χ2v) is 10.2. The van der Waals surface area contributed by atoms with Gasteiger partial charge in [-0.25, -0.2) is 0 Å². The topological polar surface area (TPSA) is 29.3 Å². The van der Waals surface area contributed by atoms with E-state index in [1.807, 2.05) is 0 Å². The Morgan fingerprint density at radius 2 is 1.94 bits per heavy atom. The zero-order valence-corrected chi connectivity index (χ0v) is 13.0. The lowest BCUT2D eigenvalue weighted by Gasteiger charge is -2.41. The molecule has 0 saturated carbocycles. The Hall–Kier alpha value is 0.00688. The highest BCUT2D eigenvalue weighted by Crippen LogP contribution is 2.23. The van der Waals surface area contributed by atoms with Gasteiger partial charge in [0.2, 0.25) is 0 Å². The van der Waals surface area contributed by atoms with Crippen LogP contribution in [-0.4, -0.2) is 24.5 Å². The Labute approximate surface area is 107 Å². The summed E-state index contributed by atoms with van der Waals surface area (Å²) in [5, 5.41) is -0.238. The number of rotatable bonds is 8. The molecule has 16 heavy (non-hydrogen) atoms. The first-order valence-electron chi connectivity index (χ1n) is 6.22. The Morgan fingerprint density at radius 1 is 1.38 bits per heavy atom. The molecular weight excluding hydrogens is 236 g/mol. The molecule has 1 atom stereocenters. The summed E-state index contributed by atoms with van der Waals surface area (Å²) in [6.07, 6.45) is 4.55. The Balaban J connectivity index is 4.71. The third-order valence-electron chi connectivity index (χ3n) is 3.03. The molecule has 96 valence electrons. The van der Waals surface area contributed by atoms with E-state index in [4.69, 9.17) is 17.3 Å². The van der Waals surface area contributed by atoms with Gasteiger partial charge in [0.05, 0.1) is 5.12 Å². The molecule has 0 spiro atoms. The van der Waals surface area contributed by atoms with Crippen molar-refractivity contribution in [1.82, 2.24) is 4.57 Å². The second-order valence-electron chi connectivity index (χ2n) is 4.88. The highest BCUT2D eigenvalue weighted by molar-refractivity contribution is 6.82. The lowest BCUT2D eigenvalue weighted by Crippen LogP contribution is -2.58. The van der Waals surface area contributed by atoms with Crippen molar-refractivity contribution in [1.29, 1.82) is 0 Å². The summed E-state index contributed by atoms with van der Waals surface area (Å²) in [5.41, 5.74) is 7.13. The molecule has 0 aliphatic heterocycles. The molecule has 0 aliphatic rings.